The van der Waals surface area contributed by atoms with Crippen molar-refractivity contribution in [3.8, 4) is 0 Å². The first-order valence-electron chi connectivity index (χ1n) is 6.11. The van der Waals surface area contributed by atoms with Crippen LogP contribution in [0.4, 0.5) is 0 Å². The van der Waals surface area contributed by atoms with Gasteiger partial charge in [0.2, 0.25) is 0 Å². The van der Waals surface area contributed by atoms with E-state index in [2.05, 4.69) is 18.7 Å². The van der Waals surface area contributed by atoms with Crippen molar-refractivity contribution in [1.82, 2.24) is 4.90 Å². The van der Waals surface area contributed by atoms with Crippen molar-refractivity contribution in [3.63, 3.8) is 0 Å². The first-order valence-corrected chi connectivity index (χ1v) is 6.11. The molecule has 0 spiro atoms. The molecule has 0 aromatic carbocycles. The molecule has 0 aliphatic carbocycles. The van der Waals surface area contributed by atoms with Gasteiger partial charge < -0.3 is 9.64 Å². The van der Waals surface area contributed by atoms with E-state index >= 15 is 0 Å². The van der Waals surface area contributed by atoms with Crippen LogP contribution >= 0.6 is 0 Å². The van der Waals surface area contributed by atoms with E-state index in [0.717, 1.165) is 19.6 Å². The van der Waals surface area contributed by atoms with Crippen LogP contribution in [-0.2, 0) is 9.53 Å². The topological polar surface area (TPSA) is 29.5 Å². The largest absolute Gasteiger partial charge is 0.461 e. The molecule has 2 saturated heterocycles. The molecule has 86 valence electrons. The van der Waals surface area contributed by atoms with Crippen LogP contribution < -0.4 is 0 Å². The fourth-order valence-corrected chi connectivity index (χ4v) is 2.56. The number of carbonyl (C=O) groups excluding carboxylic acids is 1. The van der Waals surface area contributed by atoms with Gasteiger partial charge in [0.15, 0.2) is 0 Å². The smallest absolute Gasteiger partial charge is 0.314 e. The van der Waals surface area contributed by atoms with E-state index in [4.69, 9.17) is 4.74 Å². The minimum absolute atomic E-state index is 0.0132. The van der Waals surface area contributed by atoms with E-state index in [1.807, 2.05) is 0 Å². The highest BCUT2D eigenvalue weighted by Gasteiger charge is 2.44. The number of likely N-dealkylation sites (tertiary alicyclic amines) is 1. The van der Waals surface area contributed by atoms with Crippen molar-refractivity contribution in [1.29, 1.82) is 0 Å². The molecule has 2 aliphatic rings. The molecule has 3 nitrogen and oxygen atoms in total. The lowest BCUT2D eigenvalue weighted by Crippen LogP contribution is -2.53. The van der Waals surface area contributed by atoms with Gasteiger partial charge in [0.05, 0.1) is 0 Å². The predicted molar refractivity (Wildman–Crippen MR) is 58.5 cm³/mol. The summed E-state index contributed by atoms with van der Waals surface area (Å²) in [6.45, 7) is 7.49. The summed E-state index contributed by atoms with van der Waals surface area (Å²) in [4.78, 5) is 13.8. The van der Waals surface area contributed by atoms with Gasteiger partial charge in [0.1, 0.15) is 12.0 Å². The second kappa shape index (κ2) is 4.52. The Morgan fingerprint density at radius 1 is 1.33 bits per heavy atom. The molecule has 2 rings (SSSR count). The monoisotopic (exact) mass is 211 g/mol. The maximum absolute atomic E-state index is 11.4. The third kappa shape index (κ3) is 2.33. The van der Waals surface area contributed by atoms with Crippen LogP contribution in [0.25, 0.3) is 0 Å². The Labute approximate surface area is 91.8 Å². The Bertz CT molecular complexity index is 234. The van der Waals surface area contributed by atoms with Crippen molar-refractivity contribution < 1.29 is 9.53 Å². The molecule has 0 bridgehead atoms. The van der Waals surface area contributed by atoms with E-state index in [9.17, 15) is 4.79 Å². The zero-order chi connectivity index (χ0) is 10.8. The van der Waals surface area contributed by atoms with Crippen LogP contribution in [0, 0.1) is 11.8 Å². The quantitative estimate of drug-likeness (QED) is 0.665. The number of ether oxygens (including phenoxy) is 1. The molecule has 2 heterocycles. The number of hydrogen-bond donors (Lipinski definition) is 0. The lowest BCUT2D eigenvalue weighted by Gasteiger charge is -2.41. The van der Waals surface area contributed by atoms with Crippen molar-refractivity contribution in [3.05, 3.63) is 0 Å². The highest BCUT2D eigenvalue weighted by molar-refractivity contribution is 5.78. The maximum Gasteiger partial charge on any atom is 0.314 e. The number of carbonyl (C=O) groups is 1. The van der Waals surface area contributed by atoms with E-state index < -0.39 is 0 Å². The minimum Gasteiger partial charge on any atom is -0.461 e. The second-order valence-electron chi connectivity index (χ2n) is 5.11. The first-order chi connectivity index (χ1) is 7.18. The average molecular weight is 211 g/mol. The number of esters is 1. The fourth-order valence-electron chi connectivity index (χ4n) is 2.56. The summed E-state index contributed by atoms with van der Waals surface area (Å²) in [6, 6.07) is 0. The zero-order valence-electron chi connectivity index (χ0n) is 9.74. The van der Waals surface area contributed by atoms with Crippen molar-refractivity contribution in [2.24, 2.45) is 11.8 Å². The molecule has 0 N–H and O–H groups in total. The molecule has 0 amide bonds. The van der Waals surface area contributed by atoms with Gasteiger partial charge in [-0.3, -0.25) is 4.79 Å². The van der Waals surface area contributed by atoms with E-state index in [0.29, 0.717) is 5.92 Å². The zero-order valence-corrected chi connectivity index (χ0v) is 9.74. The number of nitrogens with zero attached hydrogens (tertiary/aromatic N) is 1. The highest BCUT2D eigenvalue weighted by atomic mass is 16.6. The summed E-state index contributed by atoms with van der Waals surface area (Å²) in [5, 5.41) is 0. The van der Waals surface area contributed by atoms with Crippen LogP contribution in [0.2, 0.25) is 0 Å². The Kier molecular flexibility index (Phi) is 3.29. The Balaban J connectivity index is 1.84. The van der Waals surface area contributed by atoms with Crippen molar-refractivity contribution in [2.75, 3.05) is 19.6 Å². The molecule has 2 atom stereocenters. The SMILES string of the molecule is CC(C)[C@@H]1OC(=O)[C@H]1CN1CCCCC1. The summed E-state index contributed by atoms with van der Waals surface area (Å²) >= 11 is 0. The molecule has 2 fully saturated rings. The van der Waals surface area contributed by atoms with Gasteiger partial charge in [-0.2, -0.15) is 0 Å². The summed E-state index contributed by atoms with van der Waals surface area (Å²) in [5.74, 6) is 0.611. The van der Waals surface area contributed by atoms with Gasteiger partial charge in [-0.25, -0.2) is 0 Å². The molecule has 15 heavy (non-hydrogen) atoms. The summed E-state index contributed by atoms with van der Waals surface area (Å²) in [5.41, 5.74) is 0. The van der Waals surface area contributed by atoms with Crippen LogP contribution in [0.5, 0.6) is 0 Å². The maximum atomic E-state index is 11.4. The van der Waals surface area contributed by atoms with Gasteiger partial charge in [-0.15, -0.1) is 0 Å². The van der Waals surface area contributed by atoms with Crippen molar-refractivity contribution in [2.45, 2.75) is 39.2 Å². The van der Waals surface area contributed by atoms with Crippen LogP contribution in [-0.4, -0.2) is 36.6 Å². The number of rotatable bonds is 3. The van der Waals surface area contributed by atoms with Crippen LogP contribution in [0.15, 0.2) is 0 Å². The van der Waals surface area contributed by atoms with Gasteiger partial charge >= 0.3 is 5.97 Å². The predicted octanol–water partition coefficient (Wildman–Crippen LogP) is 1.67. The second-order valence-corrected chi connectivity index (χ2v) is 5.11. The Hall–Kier alpha value is -0.570. The van der Waals surface area contributed by atoms with Crippen LogP contribution in [0.3, 0.4) is 0 Å². The Morgan fingerprint density at radius 2 is 2.00 bits per heavy atom. The molecule has 3 heteroatoms. The molecule has 2 aliphatic heterocycles. The number of hydrogen-bond acceptors (Lipinski definition) is 3. The molecular weight excluding hydrogens is 190 g/mol. The highest BCUT2D eigenvalue weighted by Crippen LogP contribution is 2.29. The van der Waals surface area contributed by atoms with Gasteiger partial charge in [0, 0.05) is 6.54 Å². The molecule has 0 aromatic heterocycles. The lowest BCUT2D eigenvalue weighted by atomic mass is 9.87. The normalized spacial score (nSPS) is 32.6. The van der Waals surface area contributed by atoms with Gasteiger partial charge in [-0.05, 0) is 31.8 Å². The fraction of sp³-hybridized carbons (Fsp3) is 0.917. The van der Waals surface area contributed by atoms with E-state index in [1.54, 1.807) is 0 Å². The molecule has 0 radical (unpaired) electrons. The Morgan fingerprint density at radius 3 is 2.53 bits per heavy atom. The summed E-state index contributed by atoms with van der Waals surface area (Å²) in [7, 11) is 0. The standard InChI is InChI=1S/C12H21NO2/c1-9(2)11-10(12(14)15-11)8-13-6-4-3-5-7-13/h9-11H,3-8H2,1-2H3/t10-,11-/m0/s1. The minimum atomic E-state index is 0.0132. The molecule has 0 unspecified atom stereocenters. The van der Waals surface area contributed by atoms with E-state index in [1.165, 1.54) is 19.3 Å². The lowest BCUT2D eigenvalue weighted by molar-refractivity contribution is -0.192. The third-order valence-electron chi connectivity index (χ3n) is 3.51. The summed E-state index contributed by atoms with van der Waals surface area (Å²) < 4.78 is 5.19. The first kappa shape index (κ1) is 10.9. The average Bonchev–Trinajstić information content (AvgIpc) is 2.23. The number of piperidine rings is 1. The van der Waals surface area contributed by atoms with Crippen LogP contribution in [0.1, 0.15) is 33.1 Å². The molecule has 0 saturated carbocycles. The number of cyclic esters (lactones) is 1. The summed E-state index contributed by atoms with van der Waals surface area (Å²) in [6.07, 6.45) is 4.08. The van der Waals surface area contributed by atoms with Crippen molar-refractivity contribution >= 4 is 5.97 Å². The molecular formula is C12H21NO2. The van der Waals surface area contributed by atoms with Gasteiger partial charge in [0.25, 0.3) is 0 Å². The molecule has 0 aromatic rings. The van der Waals surface area contributed by atoms with Gasteiger partial charge in [-0.1, -0.05) is 20.3 Å². The van der Waals surface area contributed by atoms with E-state index in [-0.39, 0.29) is 18.0 Å². The third-order valence-corrected chi connectivity index (χ3v) is 3.51.